The highest BCUT2D eigenvalue weighted by atomic mass is 32.2. The zero-order valence-electron chi connectivity index (χ0n) is 14.7. The van der Waals surface area contributed by atoms with Crippen molar-refractivity contribution in [2.75, 3.05) is 26.8 Å². The van der Waals surface area contributed by atoms with Crippen LogP contribution in [0.3, 0.4) is 0 Å². The van der Waals surface area contributed by atoms with Crippen molar-refractivity contribution in [3.63, 3.8) is 0 Å². The van der Waals surface area contributed by atoms with Gasteiger partial charge in [0.2, 0.25) is 0 Å². The van der Waals surface area contributed by atoms with Gasteiger partial charge in [-0.05, 0) is 43.3 Å². The van der Waals surface area contributed by atoms with Crippen molar-refractivity contribution >= 4 is 15.7 Å². The average molecular weight is 375 g/mol. The third-order valence-corrected chi connectivity index (χ3v) is 6.48. The summed E-state index contributed by atoms with van der Waals surface area (Å²) in [5.41, 5.74) is 0.453. The molecule has 0 N–H and O–H groups in total. The number of nitrogens with zero attached hydrogens (tertiary/aromatic N) is 1. The smallest absolute Gasteiger partial charge is 0.257 e. The molecule has 0 aromatic heterocycles. The Balaban J connectivity index is 1.70. The molecule has 0 spiro atoms. The average Bonchev–Trinajstić information content (AvgIpc) is 2.61. The first kappa shape index (κ1) is 18.3. The zero-order valence-corrected chi connectivity index (χ0v) is 15.5. The minimum atomic E-state index is -3.48. The second-order valence-electron chi connectivity index (χ2n) is 5.98. The number of likely N-dealkylation sites (tertiary alicyclic amines) is 1. The Labute approximate surface area is 153 Å². The molecule has 138 valence electrons. The van der Waals surface area contributed by atoms with Gasteiger partial charge in [0.15, 0.2) is 9.84 Å². The van der Waals surface area contributed by atoms with E-state index in [-0.39, 0.29) is 23.9 Å². The van der Waals surface area contributed by atoms with E-state index in [9.17, 15) is 13.2 Å². The highest BCUT2D eigenvalue weighted by molar-refractivity contribution is 7.92. The monoisotopic (exact) mass is 375 g/mol. The Hall–Kier alpha value is -2.54. The second-order valence-corrected chi connectivity index (χ2v) is 8.21. The number of sulfone groups is 1. The van der Waals surface area contributed by atoms with Crippen molar-refractivity contribution in [3.8, 4) is 11.5 Å². The first-order valence-corrected chi connectivity index (χ1v) is 9.91. The van der Waals surface area contributed by atoms with Crippen LogP contribution in [0.5, 0.6) is 11.5 Å². The van der Waals surface area contributed by atoms with Gasteiger partial charge in [0, 0.05) is 13.1 Å². The summed E-state index contributed by atoms with van der Waals surface area (Å²) in [7, 11) is -1.95. The van der Waals surface area contributed by atoms with E-state index in [0.29, 0.717) is 23.7 Å². The Morgan fingerprint density at radius 3 is 2.38 bits per heavy atom. The molecule has 6 nitrogen and oxygen atoms in total. The molecule has 7 heteroatoms. The lowest BCUT2D eigenvalue weighted by Crippen LogP contribution is -2.56. The topological polar surface area (TPSA) is 72.9 Å². The first-order chi connectivity index (χ1) is 12.5. The van der Waals surface area contributed by atoms with E-state index < -0.39 is 15.1 Å². The van der Waals surface area contributed by atoms with E-state index in [1.807, 2.05) is 6.92 Å². The number of benzene rings is 2. The van der Waals surface area contributed by atoms with E-state index in [0.717, 1.165) is 0 Å². The molecule has 0 atom stereocenters. The van der Waals surface area contributed by atoms with Crippen LogP contribution in [0.4, 0.5) is 0 Å². The lowest BCUT2D eigenvalue weighted by Gasteiger charge is -2.38. The summed E-state index contributed by atoms with van der Waals surface area (Å²) >= 11 is 0. The molecule has 2 aromatic carbocycles. The number of para-hydroxylation sites is 1. The highest BCUT2D eigenvalue weighted by Crippen LogP contribution is 2.28. The molecule has 1 fully saturated rings. The van der Waals surface area contributed by atoms with Crippen LogP contribution in [0.15, 0.2) is 53.4 Å². The Morgan fingerprint density at radius 1 is 1.12 bits per heavy atom. The van der Waals surface area contributed by atoms with Gasteiger partial charge in [0.05, 0.1) is 24.2 Å². The molecule has 1 heterocycles. The maximum atomic E-state index is 12.7. The fourth-order valence-corrected chi connectivity index (χ4v) is 4.51. The molecule has 0 unspecified atom stereocenters. The van der Waals surface area contributed by atoms with Crippen LogP contribution in [0, 0.1) is 0 Å². The van der Waals surface area contributed by atoms with Crippen LogP contribution in [-0.2, 0) is 9.84 Å². The molecule has 0 saturated carbocycles. The number of hydrogen-bond donors (Lipinski definition) is 0. The Bertz CT molecular complexity index is 886. The highest BCUT2D eigenvalue weighted by Gasteiger charge is 2.41. The van der Waals surface area contributed by atoms with Gasteiger partial charge in [-0.1, -0.05) is 12.1 Å². The second kappa shape index (κ2) is 7.37. The molecule has 2 aromatic rings. The SMILES string of the molecule is CCOc1ccccc1C(=O)N1CC(S(=O)(=O)c2ccc(OC)cc2)C1. The van der Waals surface area contributed by atoms with Gasteiger partial charge >= 0.3 is 0 Å². The first-order valence-electron chi connectivity index (χ1n) is 8.36. The Morgan fingerprint density at radius 2 is 1.77 bits per heavy atom. The summed E-state index contributed by atoms with van der Waals surface area (Å²) in [6.45, 7) is 2.66. The predicted octanol–water partition coefficient (Wildman–Crippen LogP) is 2.39. The molecular formula is C19H21NO5S. The molecule has 26 heavy (non-hydrogen) atoms. The number of hydrogen-bond acceptors (Lipinski definition) is 5. The van der Waals surface area contributed by atoms with Crippen LogP contribution < -0.4 is 9.47 Å². The van der Waals surface area contributed by atoms with E-state index in [4.69, 9.17) is 9.47 Å². The maximum absolute atomic E-state index is 12.7. The van der Waals surface area contributed by atoms with Crippen molar-refractivity contribution < 1.29 is 22.7 Å². The summed E-state index contributed by atoms with van der Waals surface area (Å²) < 4.78 is 35.9. The minimum absolute atomic E-state index is 0.174. The van der Waals surface area contributed by atoms with Crippen LogP contribution in [0.25, 0.3) is 0 Å². The number of amides is 1. The minimum Gasteiger partial charge on any atom is -0.497 e. The molecular weight excluding hydrogens is 354 g/mol. The fourth-order valence-electron chi connectivity index (χ4n) is 2.85. The molecule has 0 radical (unpaired) electrons. The number of carbonyl (C=O) groups is 1. The molecule has 1 aliphatic rings. The summed E-state index contributed by atoms with van der Waals surface area (Å²) in [5, 5.41) is -0.598. The lowest BCUT2D eigenvalue weighted by atomic mass is 10.1. The molecule has 1 saturated heterocycles. The summed E-state index contributed by atoms with van der Waals surface area (Å²) in [6.07, 6.45) is 0. The quantitative estimate of drug-likeness (QED) is 0.775. The molecule has 1 aliphatic heterocycles. The van der Waals surface area contributed by atoms with Crippen molar-refractivity contribution in [2.45, 2.75) is 17.1 Å². The van der Waals surface area contributed by atoms with Gasteiger partial charge in [-0.3, -0.25) is 4.79 Å². The van der Waals surface area contributed by atoms with Crippen molar-refractivity contribution in [1.82, 2.24) is 4.90 Å². The standard InChI is InChI=1S/C19H21NO5S/c1-3-25-18-7-5-4-6-17(18)19(21)20-12-16(13-20)26(22,23)15-10-8-14(24-2)9-11-15/h4-11,16H,3,12-13H2,1-2H3. The van der Waals surface area contributed by atoms with Gasteiger partial charge in [0.1, 0.15) is 16.7 Å². The van der Waals surface area contributed by atoms with E-state index in [1.54, 1.807) is 36.4 Å². The summed E-state index contributed by atoms with van der Waals surface area (Å²) in [5.74, 6) is 0.901. The van der Waals surface area contributed by atoms with Crippen molar-refractivity contribution in [1.29, 1.82) is 0 Å². The van der Waals surface area contributed by atoms with Crippen LogP contribution in [-0.4, -0.2) is 51.3 Å². The predicted molar refractivity (Wildman–Crippen MR) is 97.5 cm³/mol. The number of carbonyl (C=O) groups excluding carboxylic acids is 1. The normalized spacial score (nSPS) is 14.6. The van der Waals surface area contributed by atoms with Gasteiger partial charge in [-0.2, -0.15) is 0 Å². The fraction of sp³-hybridized carbons (Fsp3) is 0.316. The van der Waals surface area contributed by atoms with E-state index in [1.165, 1.54) is 24.1 Å². The molecule has 3 rings (SSSR count). The van der Waals surface area contributed by atoms with Gasteiger partial charge in [-0.15, -0.1) is 0 Å². The largest absolute Gasteiger partial charge is 0.497 e. The van der Waals surface area contributed by atoms with E-state index >= 15 is 0 Å². The van der Waals surface area contributed by atoms with Crippen LogP contribution >= 0.6 is 0 Å². The Kier molecular flexibility index (Phi) is 5.18. The van der Waals surface area contributed by atoms with Gasteiger partial charge in [-0.25, -0.2) is 8.42 Å². The van der Waals surface area contributed by atoms with Crippen molar-refractivity contribution in [2.24, 2.45) is 0 Å². The molecule has 1 amide bonds. The summed E-state index contributed by atoms with van der Waals surface area (Å²) in [4.78, 5) is 14.4. The lowest BCUT2D eigenvalue weighted by molar-refractivity contribution is 0.0654. The zero-order chi connectivity index (χ0) is 18.7. The maximum Gasteiger partial charge on any atom is 0.257 e. The van der Waals surface area contributed by atoms with Crippen LogP contribution in [0.1, 0.15) is 17.3 Å². The molecule has 0 aliphatic carbocycles. The van der Waals surface area contributed by atoms with Gasteiger partial charge in [0.25, 0.3) is 5.91 Å². The van der Waals surface area contributed by atoms with Crippen LogP contribution in [0.2, 0.25) is 0 Å². The van der Waals surface area contributed by atoms with Gasteiger partial charge < -0.3 is 14.4 Å². The number of rotatable bonds is 6. The number of ether oxygens (including phenoxy) is 2. The third kappa shape index (κ3) is 3.39. The number of methoxy groups -OCH3 is 1. The van der Waals surface area contributed by atoms with E-state index in [2.05, 4.69) is 0 Å². The van der Waals surface area contributed by atoms with Crippen molar-refractivity contribution in [3.05, 3.63) is 54.1 Å². The molecule has 0 bridgehead atoms. The summed E-state index contributed by atoms with van der Waals surface area (Å²) in [6, 6.07) is 13.3. The third-order valence-electron chi connectivity index (χ3n) is 4.38.